The number of halogens is 5. The van der Waals surface area contributed by atoms with Crippen LogP contribution in [0.3, 0.4) is 0 Å². The van der Waals surface area contributed by atoms with Crippen LogP contribution in [0.15, 0.2) is 42.5 Å². The Morgan fingerprint density at radius 3 is 2.18 bits per heavy atom. The van der Waals surface area contributed by atoms with Crippen molar-refractivity contribution < 1.29 is 31.4 Å². The zero-order valence-electron chi connectivity index (χ0n) is 21.1. The summed E-state index contributed by atoms with van der Waals surface area (Å²) >= 11 is 0.960. The molecule has 3 aromatic carbocycles. The lowest BCUT2D eigenvalue weighted by atomic mass is 9.88. The van der Waals surface area contributed by atoms with Crippen molar-refractivity contribution in [3.8, 4) is 27.3 Å². The average molecular weight is 547 g/mol. The molecule has 2 unspecified atom stereocenters. The second-order valence-electron chi connectivity index (χ2n) is 9.48. The van der Waals surface area contributed by atoms with E-state index in [4.69, 9.17) is 9.47 Å². The van der Waals surface area contributed by atoms with Crippen LogP contribution in [-0.4, -0.2) is 19.3 Å². The van der Waals surface area contributed by atoms with Crippen molar-refractivity contribution >= 4 is 21.4 Å². The van der Waals surface area contributed by atoms with Gasteiger partial charge in [0.2, 0.25) is 0 Å². The molecule has 2 atom stereocenters. The number of hydrogen-bond donors (Lipinski definition) is 0. The maximum Gasteiger partial charge on any atom is 0.182 e. The molecule has 5 rings (SSSR count). The molecule has 200 valence electrons. The van der Waals surface area contributed by atoms with Gasteiger partial charge >= 0.3 is 0 Å². The smallest absolute Gasteiger partial charge is 0.182 e. The third-order valence-electron chi connectivity index (χ3n) is 7.06. The number of rotatable bonds is 7. The standard InChI is InChI=1S/C30H27F5O2S/c1-3-5-18-8-6-17(15-37-18)19-9-10-20(26(32)25(19)31)21-11-12-22(28(34)27(21)33)24-14-16-7-13-23(36-4-2)29(35)30(16)38-24/h7,9-14,17-18H,3-6,8,15H2,1-2H3. The van der Waals surface area contributed by atoms with Gasteiger partial charge in [-0.1, -0.05) is 31.5 Å². The third kappa shape index (κ3) is 4.80. The van der Waals surface area contributed by atoms with Crippen molar-refractivity contribution in [2.75, 3.05) is 13.2 Å². The Bertz CT molecular complexity index is 1470. The molecule has 0 amide bonds. The highest BCUT2D eigenvalue weighted by Crippen LogP contribution is 2.41. The summed E-state index contributed by atoms with van der Waals surface area (Å²) in [4.78, 5) is 0.302. The van der Waals surface area contributed by atoms with Gasteiger partial charge in [0.15, 0.2) is 34.8 Å². The molecule has 0 saturated carbocycles. The van der Waals surface area contributed by atoms with Crippen LogP contribution in [0, 0.1) is 29.1 Å². The van der Waals surface area contributed by atoms with Crippen LogP contribution in [-0.2, 0) is 4.74 Å². The van der Waals surface area contributed by atoms with Gasteiger partial charge in [-0.3, -0.25) is 0 Å². The van der Waals surface area contributed by atoms with E-state index in [1.807, 2.05) is 0 Å². The minimum absolute atomic E-state index is 0.0805. The number of thiophene rings is 1. The van der Waals surface area contributed by atoms with E-state index in [0.29, 0.717) is 23.3 Å². The van der Waals surface area contributed by atoms with E-state index in [9.17, 15) is 4.39 Å². The maximum absolute atomic E-state index is 15.2. The van der Waals surface area contributed by atoms with Gasteiger partial charge in [-0.2, -0.15) is 0 Å². The first kappa shape index (κ1) is 26.6. The van der Waals surface area contributed by atoms with E-state index in [-0.39, 0.29) is 51.3 Å². The minimum Gasteiger partial charge on any atom is -0.491 e. The predicted octanol–water partition coefficient (Wildman–Crippen LogP) is 9.39. The first-order chi connectivity index (χ1) is 18.3. The molecule has 4 aromatic rings. The molecule has 1 aromatic heterocycles. The van der Waals surface area contributed by atoms with Gasteiger partial charge < -0.3 is 9.47 Å². The van der Waals surface area contributed by atoms with Crippen LogP contribution in [0.1, 0.15) is 51.0 Å². The van der Waals surface area contributed by atoms with Crippen molar-refractivity contribution in [3.05, 3.63) is 77.1 Å². The lowest BCUT2D eigenvalue weighted by Crippen LogP contribution is -2.25. The minimum atomic E-state index is -1.30. The van der Waals surface area contributed by atoms with Crippen molar-refractivity contribution in [2.45, 2.75) is 51.6 Å². The molecule has 0 aliphatic carbocycles. The molecule has 1 saturated heterocycles. The normalized spacial score (nSPS) is 17.8. The van der Waals surface area contributed by atoms with E-state index in [2.05, 4.69) is 6.92 Å². The lowest BCUT2D eigenvalue weighted by molar-refractivity contribution is -0.00181. The zero-order chi connectivity index (χ0) is 27.0. The number of hydrogen-bond acceptors (Lipinski definition) is 3. The summed E-state index contributed by atoms with van der Waals surface area (Å²) in [5.74, 6) is -5.60. The molecule has 38 heavy (non-hydrogen) atoms. The SMILES string of the molecule is CCCC1CCC(c2ccc(-c3ccc(-c4cc5ccc(OCC)c(F)c5s4)c(F)c3F)c(F)c2F)CO1. The highest BCUT2D eigenvalue weighted by Gasteiger charge is 2.28. The fourth-order valence-electron chi connectivity index (χ4n) is 5.09. The zero-order valence-corrected chi connectivity index (χ0v) is 21.9. The van der Waals surface area contributed by atoms with Gasteiger partial charge in [-0.25, -0.2) is 22.0 Å². The lowest BCUT2D eigenvalue weighted by Gasteiger charge is -2.29. The van der Waals surface area contributed by atoms with Gasteiger partial charge in [-0.15, -0.1) is 11.3 Å². The molecular weight excluding hydrogens is 519 g/mol. The molecule has 1 aliphatic rings. The fraction of sp³-hybridized carbons (Fsp3) is 0.333. The second kappa shape index (κ2) is 11.0. The van der Waals surface area contributed by atoms with E-state index in [1.165, 1.54) is 30.3 Å². The summed E-state index contributed by atoms with van der Waals surface area (Å²) in [6.45, 7) is 4.38. The van der Waals surface area contributed by atoms with Crippen molar-refractivity contribution in [1.82, 2.24) is 0 Å². The monoisotopic (exact) mass is 546 g/mol. The Hall–Kier alpha value is -2.97. The highest BCUT2D eigenvalue weighted by molar-refractivity contribution is 7.22. The van der Waals surface area contributed by atoms with Crippen LogP contribution >= 0.6 is 11.3 Å². The number of ether oxygens (including phenoxy) is 2. The topological polar surface area (TPSA) is 18.5 Å². The summed E-state index contributed by atoms with van der Waals surface area (Å²) in [6.07, 6.45) is 3.47. The molecule has 2 nitrogen and oxygen atoms in total. The molecular formula is C30H27F5O2S. The quantitative estimate of drug-likeness (QED) is 0.215. The van der Waals surface area contributed by atoms with Crippen LogP contribution < -0.4 is 4.74 Å². The fourth-order valence-corrected chi connectivity index (χ4v) is 6.20. The Labute approximate surface area is 222 Å². The van der Waals surface area contributed by atoms with Crippen molar-refractivity contribution in [3.63, 3.8) is 0 Å². The molecule has 0 bridgehead atoms. The van der Waals surface area contributed by atoms with Crippen molar-refractivity contribution in [2.24, 2.45) is 0 Å². The van der Waals surface area contributed by atoms with Crippen LogP contribution in [0.5, 0.6) is 5.75 Å². The highest BCUT2D eigenvalue weighted by atomic mass is 32.1. The van der Waals surface area contributed by atoms with Gasteiger partial charge in [0.25, 0.3) is 0 Å². The summed E-state index contributed by atoms with van der Waals surface area (Å²) < 4.78 is 86.9. The molecule has 0 radical (unpaired) electrons. The Morgan fingerprint density at radius 2 is 1.50 bits per heavy atom. The van der Waals surface area contributed by atoms with E-state index < -0.39 is 29.1 Å². The number of fused-ring (bicyclic) bond motifs is 1. The summed E-state index contributed by atoms with van der Waals surface area (Å²) in [5.41, 5.74) is -0.665. The molecule has 1 aliphatic heterocycles. The molecule has 0 N–H and O–H groups in total. The van der Waals surface area contributed by atoms with Crippen LogP contribution in [0.2, 0.25) is 0 Å². The average Bonchev–Trinajstić information content (AvgIpc) is 3.35. The Morgan fingerprint density at radius 1 is 0.816 bits per heavy atom. The third-order valence-corrected chi connectivity index (χ3v) is 8.24. The van der Waals surface area contributed by atoms with E-state index in [1.54, 1.807) is 19.1 Å². The summed E-state index contributed by atoms with van der Waals surface area (Å²) in [7, 11) is 0. The van der Waals surface area contributed by atoms with Crippen LogP contribution in [0.25, 0.3) is 31.7 Å². The van der Waals surface area contributed by atoms with Gasteiger partial charge in [0, 0.05) is 27.5 Å². The molecule has 1 fully saturated rings. The first-order valence-electron chi connectivity index (χ1n) is 12.8. The van der Waals surface area contributed by atoms with Gasteiger partial charge in [0.05, 0.1) is 24.0 Å². The first-order valence-corrected chi connectivity index (χ1v) is 13.6. The Balaban J connectivity index is 1.46. The maximum atomic E-state index is 15.2. The van der Waals surface area contributed by atoms with Gasteiger partial charge in [0.1, 0.15) is 0 Å². The molecule has 8 heteroatoms. The van der Waals surface area contributed by atoms with E-state index >= 15 is 17.6 Å². The Kier molecular flexibility index (Phi) is 7.73. The molecule has 0 spiro atoms. The van der Waals surface area contributed by atoms with E-state index in [0.717, 1.165) is 30.6 Å². The molecule has 2 heterocycles. The largest absolute Gasteiger partial charge is 0.491 e. The summed E-state index contributed by atoms with van der Waals surface area (Å²) in [5, 5.41) is 0.520. The predicted molar refractivity (Wildman–Crippen MR) is 140 cm³/mol. The summed E-state index contributed by atoms with van der Waals surface area (Å²) in [6, 6.07) is 9.92. The number of benzene rings is 3. The van der Waals surface area contributed by atoms with Gasteiger partial charge in [-0.05, 0) is 61.4 Å². The van der Waals surface area contributed by atoms with Crippen LogP contribution in [0.4, 0.5) is 22.0 Å². The van der Waals surface area contributed by atoms with Crippen molar-refractivity contribution in [1.29, 1.82) is 0 Å². The second-order valence-corrected chi connectivity index (χ2v) is 10.5.